The average molecular weight is 507 g/mol. The van der Waals surface area contributed by atoms with E-state index in [0.717, 1.165) is 18.5 Å². The number of para-hydroxylation sites is 1. The summed E-state index contributed by atoms with van der Waals surface area (Å²) in [6.07, 6.45) is 3.62. The molecule has 0 radical (unpaired) electrons. The molecule has 3 atom stereocenters. The number of likely N-dealkylation sites (N-methyl/N-ethyl adjacent to an activating group) is 1. The molecule has 37 heavy (non-hydrogen) atoms. The number of hydrogen-bond acceptors (Lipinski definition) is 5. The van der Waals surface area contributed by atoms with Gasteiger partial charge in [-0.25, -0.2) is 4.79 Å². The van der Waals surface area contributed by atoms with Crippen molar-refractivity contribution in [2.75, 3.05) is 30.8 Å². The van der Waals surface area contributed by atoms with E-state index in [2.05, 4.69) is 16.0 Å². The maximum absolute atomic E-state index is 13.4. The first-order valence-electron chi connectivity index (χ1n) is 13.0. The maximum atomic E-state index is 13.4. The zero-order valence-electron chi connectivity index (χ0n) is 21.3. The average Bonchev–Trinajstić information content (AvgIpc) is 3.71. The first-order valence-corrected chi connectivity index (χ1v) is 13.0. The minimum atomic E-state index is -0.394. The molecule has 9 nitrogen and oxygen atoms in total. The standard InChI is InChI=1S/C28H34N4O5/c1-17-5-3-4-6-22(17)31-28(35)30-19-9-12-24-21(13-19)27(34)32(2)23-11-10-20(37-25(23)16-36-24)14-26(33)29-15-18-7-8-18/h3-6,9,12-13,18,20,23,25H,7-8,10-11,14-16H2,1-2H3,(H,29,33)(H2,30,31,35)/t20-,23-,25-/m0/s1. The molecule has 1 saturated carbocycles. The predicted molar refractivity (Wildman–Crippen MR) is 140 cm³/mol. The van der Waals surface area contributed by atoms with E-state index < -0.39 is 6.03 Å². The second kappa shape index (κ2) is 10.8. The Bertz CT molecular complexity index is 1180. The Morgan fingerprint density at radius 2 is 1.86 bits per heavy atom. The van der Waals surface area contributed by atoms with Crippen LogP contribution in [-0.4, -0.2) is 61.2 Å². The minimum absolute atomic E-state index is 0.0170. The monoisotopic (exact) mass is 506 g/mol. The summed E-state index contributed by atoms with van der Waals surface area (Å²) in [6, 6.07) is 12.0. The first kappa shape index (κ1) is 25.1. The van der Waals surface area contributed by atoms with Gasteiger partial charge in [-0.2, -0.15) is 0 Å². The van der Waals surface area contributed by atoms with E-state index in [9.17, 15) is 14.4 Å². The third kappa shape index (κ3) is 6.05. The lowest BCUT2D eigenvalue weighted by Gasteiger charge is -2.42. The van der Waals surface area contributed by atoms with Crippen LogP contribution in [0.3, 0.4) is 0 Å². The van der Waals surface area contributed by atoms with Crippen LogP contribution in [0.5, 0.6) is 5.75 Å². The molecule has 1 aliphatic carbocycles. The van der Waals surface area contributed by atoms with Gasteiger partial charge in [0.15, 0.2) is 0 Å². The van der Waals surface area contributed by atoms with Crippen molar-refractivity contribution >= 4 is 29.2 Å². The second-order valence-electron chi connectivity index (χ2n) is 10.2. The molecule has 3 N–H and O–H groups in total. The molecule has 2 heterocycles. The largest absolute Gasteiger partial charge is 0.490 e. The van der Waals surface area contributed by atoms with Gasteiger partial charge in [-0.15, -0.1) is 0 Å². The van der Waals surface area contributed by atoms with Crippen LogP contribution >= 0.6 is 0 Å². The van der Waals surface area contributed by atoms with Crippen molar-refractivity contribution in [3.63, 3.8) is 0 Å². The van der Waals surface area contributed by atoms with Crippen molar-refractivity contribution in [2.45, 2.75) is 57.3 Å². The van der Waals surface area contributed by atoms with Crippen LogP contribution < -0.4 is 20.7 Å². The summed E-state index contributed by atoms with van der Waals surface area (Å²) in [4.78, 5) is 40.0. The van der Waals surface area contributed by atoms with Gasteiger partial charge in [-0.3, -0.25) is 9.59 Å². The Morgan fingerprint density at radius 1 is 1.05 bits per heavy atom. The van der Waals surface area contributed by atoms with Gasteiger partial charge in [-0.05, 0) is 68.4 Å². The van der Waals surface area contributed by atoms with Crippen LogP contribution in [-0.2, 0) is 9.53 Å². The van der Waals surface area contributed by atoms with Gasteiger partial charge in [0.1, 0.15) is 18.5 Å². The van der Waals surface area contributed by atoms with Crippen LogP contribution in [0.15, 0.2) is 42.5 Å². The quantitative estimate of drug-likeness (QED) is 0.550. The third-order valence-electron chi connectivity index (χ3n) is 7.36. The molecular weight excluding hydrogens is 472 g/mol. The fourth-order valence-electron chi connectivity index (χ4n) is 4.96. The normalized spacial score (nSPS) is 23.0. The summed E-state index contributed by atoms with van der Waals surface area (Å²) >= 11 is 0. The second-order valence-corrected chi connectivity index (χ2v) is 10.2. The zero-order valence-corrected chi connectivity index (χ0v) is 21.3. The summed E-state index contributed by atoms with van der Waals surface area (Å²) in [6.45, 7) is 2.94. The number of carbonyl (C=O) groups excluding carboxylic acids is 3. The molecule has 1 saturated heterocycles. The van der Waals surface area contributed by atoms with Crippen molar-refractivity contribution in [3.8, 4) is 5.75 Å². The highest BCUT2D eigenvalue weighted by molar-refractivity contribution is 6.02. The van der Waals surface area contributed by atoms with E-state index in [1.807, 2.05) is 31.2 Å². The van der Waals surface area contributed by atoms with Crippen molar-refractivity contribution in [3.05, 3.63) is 53.6 Å². The number of urea groups is 1. The number of hydrogen-bond donors (Lipinski definition) is 3. The van der Waals surface area contributed by atoms with E-state index in [1.54, 1.807) is 30.1 Å². The lowest BCUT2D eigenvalue weighted by Crippen LogP contribution is -2.54. The van der Waals surface area contributed by atoms with Gasteiger partial charge in [0.05, 0.1) is 24.1 Å². The molecule has 3 aliphatic rings. The highest BCUT2D eigenvalue weighted by atomic mass is 16.5. The lowest BCUT2D eigenvalue weighted by atomic mass is 9.94. The molecule has 2 aliphatic heterocycles. The van der Waals surface area contributed by atoms with E-state index in [4.69, 9.17) is 9.47 Å². The van der Waals surface area contributed by atoms with Crippen LogP contribution in [0.2, 0.25) is 0 Å². The molecule has 2 fully saturated rings. The number of anilines is 2. The van der Waals surface area contributed by atoms with E-state index >= 15 is 0 Å². The number of nitrogens with one attached hydrogen (secondary N) is 3. The molecule has 2 aromatic carbocycles. The smallest absolute Gasteiger partial charge is 0.323 e. The van der Waals surface area contributed by atoms with Gasteiger partial charge < -0.3 is 30.3 Å². The third-order valence-corrected chi connectivity index (χ3v) is 7.36. The van der Waals surface area contributed by atoms with Crippen molar-refractivity contribution < 1.29 is 23.9 Å². The Labute approximate surface area is 216 Å². The van der Waals surface area contributed by atoms with Gasteiger partial charge in [0.2, 0.25) is 5.91 Å². The van der Waals surface area contributed by atoms with Gasteiger partial charge >= 0.3 is 6.03 Å². The van der Waals surface area contributed by atoms with Crippen molar-refractivity contribution in [2.24, 2.45) is 5.92 Å². The molecule has 0 bridgehead atoms. The minimum Gasteiger partial charge on any atom is -0.490 e. The molecule has 2 aromatic rings. The highest BCUT2D eigenvalue weighted by Gasteiger charge is 2.39. The summed E-state index contributed by atoms with van der Waals surface area (Å²) < 4.78 is 12.3. The Morgan fingerprint density at radius 3 is 2.65 bits per heavy atom. The Kier molecular flexibility index (Phi) is 7.32. The molecule has 5 rings (SSSR count). The predicted octanol–water partition coefficient (Wildman–Crippen LogP) is 3.94. The lowest BCUT2D eigenvalue weighted by molar-refractivity contribution is -0.134. The maximum Gasteiger partial charge on any atom is 0.323 e. The van der Waals surface area contributed by atoms with Crippen LogP contribution in [0.4, 0.5) is 16.2 Å². The molecule has 196 valence electrons. The summed E-state index contributed by atoms with van der Waals surface area (Å²) in [5.41, 5.74) is 2.54. The number of fused-ring (bicyclic) bond motifs is 2. The van der Waals surface area contributed by atoms with Crippen LogP contribution in [0.1, 0.15) is 48.0 Å². The van der Waals surface area contributed by atoms with Crippen LogP contribution in [0.25, 0.3) is 0 Å². The SMILES string of the molecule is Cc1ccccc1NC(=O)Nc1ccc2c(c1)C(=O)N(C)[C@H]1CC[C@@H](CC(=O)NCC3CC3)O[C@H]1CO2. The fourth-order valence-corrected chi connectivity index (χ4v) is 4.96. The number of aryl methyl sites for hydroxylation is 1. The van der Waals surface area contributed by atoms with E-state index in [0.29, 0.717) is 41.4 Å². The number of rotatable bonds is 6. The Balaban J connectivity index is 1.23. The number of benzene rings is 2. The van der Waals surface area contributed by atoms with E-state index in [1.165, 1.54) is 12.8 Å². The highest BCUT2D eigenvalue weighted by Crippen LogP contribution is 2.33. The summed E-state index contributed by atoms with van der Waals surface area (Å²) in [5, 5.41) is 8.63. The van der Waals surface area contributed by atoms with Gasteiger partial charge in [0, 0.05) is 25.0 Å². The number of amides is 4. The van der Waals surface area contributed by atoms with Crippen molar-refractivity contribution in [1.29, 1.82) is 0 Å². The number of nitrogens with zero attached hydrogens (tertiary/aromatic N) is 1. The number of carbonyl (C=O) groups is 3. The molecular formula is C28H34N4O5. The number of ether oxygens (including phenoxy) is 2. The van der Waals surface area contributed by atoms with Gasteiger partial charge in [-0.1, -0.05) is 18.2 Å². The molecule has 0 spiro atoms. The molecule has 4 amide bonds. The van der Waals surface area contributed by atoms with E-state index in [-0.39, 0.29) is 36.7 Å². The van der Waals surface area contributed by atoms with Crippen LogP contribution in [0, 0.1) is 12.8 Å². The topological polar surface area (TPSA) is 109 Å². The van der Waals surface area contributed by atoms with Crippen molar-refractivity contribution in [1.82, 2.24) is 10.2 Å². The molecule has 0 aromatic heterocycles. The van der Waals surface area contributed by atoms with Gasteiger partial charge in [0.25, 0.3) is 5.91 Å². The molecule has 9 heteroatoms. The summed E-state index contributed by atoms with van der Waals surface area (Å²) in [7, 11) is 1.77. The first-order chi connectivity index (χ1) is 17.9. The fraction of sp³-hybridized carbons (Fsp3) is 0.464. The zero-order chi connectivity index (χ0) is 25.9. The summed E-state index contributed by atoms with van der Waals surface area (Å²) in [5.74, 6) is 0.894. The molecule has 0 unspecified atom stereocenters. The Hall–Kier alpha value is -3.59.